The molecule has 5 rings (SSSR count). The molecule has 3 heterocycles. The molecule has 88 heavy (non-hydrogen) atoms. The van der Waals surface area contributed by atoms with Gasteiger partial charge in [0, 0.05) is 65.6 Å². The van der Waals surface area contributed by atoms with E-state index in [0.29, 0.717) is 35.7 Å². The Kier molecular flexibility index (Phi) is 26.1. The summed E-state index contributed by atoms with van der Waals surface area (Å²) in [6.45, 7) is 21.5. The predicted octanol–water partition coefficient (Wildman–Crippen LogP) is 8.27. The van der Waals surface area contributed by atoms with Gasteiger partial charge in [-0.15, -0.1) is 0 Å². The number of hydrogen-bond donors (Lipinski definition) is 0. The van der Waals surface area contributed by atoms with Gasteiger partial charge in [0.15, 0.2) is 24.4 Å². The Morgan fingerprint density at radius 3 is 0.943 bits per heavy atom. The number of hydrogen-bond acceptors (Lipinski definition) is 16. The van der Waals surface area contributed by atoms with Crippen LogP contribution in [0.4, 0.5) is 0 Å². The van der Waals surface area contributed by atoms with E-state index in [1.807, 2.05) is 130 Å². The number of pyridine rings is 2. The highest BCUT2D eigenvalue weighted by Gasteiger charge is 2.43. The van der Waals surface area contributed by atoms with Gasteiger partial charge in [0.2, 0.25) is 11.8 Å². The van der Waals surface area contributed by atoms with E-state index in [1.54, 1.807) is 26.6 Å². The lowest BCUT2D eigenvalue weighted by Gasteiger charge is -2.35. The monoisotopic (exact) mass is 1220 g/mol. The van der Waals surface area contributed by atoms with Crippen molar-refractivity contribution in [3.8, 4) is 11.8 Å². The average molecular weight is 1220 g/mol. The summed E-state index contributed by atoms with van der Waals surface area (Å²) in [4.78, 5) is 132. The summed E-state index contributed by atoms with van der Waals surface area (Å²) in [6, 6.07) is 13.4. The summed E-state index contributed by atoms with van der Waals surface area (Å²) in [6.07, 6.45) is -1.49. The first kappa shape index (κ1) is 70.9. The van der Waals surface area contributed by atoms with Crippen LogP contribution >= 0.6 is 0 Å². The van der Waals surface area contributed by atoms with Gasteiger partial charge in [0.05, 0.1) is 14.2 Å². The van der Waals surface area contributed by atoms with Crippen molar-refractivity contribution in [3.05, 3.63) is 118 Å². The molecule has 0 spiro atoms. The summed E-state index contributed by atoms with van der Waals surface area (Å²) >= 11 is 0. The number of rotatable bonds is 18. The number of carbonyl (C=O) groups excluding carboxylic acids is 8. The molecule has 480 valence electrons. The summed E-state index contributed by atoms with van der Waals surface area (Å²) in [5.41, 5.74) is 7.03. The summed E-state index contributed by atoms with van der Waals surface area (Å²) < 4.78 is 34.9. The molecule has 0 aliphatic carbocycles. The number of amides is 4. The highest BCUT2D eigenvalue weighted by molar-refractivity contribution is 5.94. The summed E-state index contributed by atoms with van der Waals surface area (Å²) in [7, 11) is 8.68. The van der Waals surface area contributed by atoms with Gasteiger partial charge >= 0.3 is 23.9 Å². The molecule has 0 radical (unpaired) electrons. The summed E-state index contributed by atoms with van der Waals surface area (Å²) in [5.74, 6) is -6.54. The Morgan fingerprint density at radius 1 is 0.420 bits per heavy atom. The van der Waals surface area contributed by atoms with E-state index in [9.17, 15) is 28.8 Å². The van der Waals surface area contributed by atoms with Gasteiger partial charge in [-0.3, -0.25) is 19.2 Å². The average Bonchev–Trinajstić information content (AvgIpc) is 3.68. The van der Waals surface area contributed by atoms with E-state index < -0.39 is 96.1 Å². The second-order valence-electron chi connectivity index (χ2n) is 25.1. The van der Waals surface area contributed by atoms with E-state index in [-0.39, 0.29) is 62.2 Å². The number of nitrogens with zero attached hydrogens (tertiary/aromatic N) is 6. The molecule has 0 N–H and O–H groups in total. The van der Waals surface area contributed by atoms with E-state index >= 15 is 9.59 Å². The molecule has 1 saturated heterocycles. The minimum absolute atomic E-state index is 0.0728. The molecule has 0 bridgehead atoms. The van der Waals surface area contributed by atoms with Crippen LogP contribution in [0.25, 0.3) is 0 Å². The first-order valence-corrected chi connectivity index (χ1v) is 30.5. The third-order valence-electron chi connectivity index (χ3n) is 16.0. The molecule has 1 aliphatic heterocycles. The molecule has 0 unspecified atom stereocenters. The molecule has 20 heteroatoms. The zero-order valence-electron chi connectivity index (χ0n) is 54.9. The number of carbonyl (C=O) groups is 8. The standard InChI is InChI=1S/C68H94N6O14/c1-39(2)27-53-65(79)85-45(11)61(75)71(13)56(30-42(7)8)68(82)88-58(36-50-25-21-48(22-26-50)34-52-38-70-60(84-18)32-44(52)10)64(78)74(16)54(28-40(3)4)66(80)86-46(12)62(76)72(14)55(29-41(5)6)67(81)87-57(63(77)73(53)15)35-49-23-19-47(20-24-49)33-51-37-69-59(83-17)31-43(51)9/h19-26,31-32,37-42,45-46,53-58H,27-30,33-36H2,1-18H3/t45-,46-,53+,54+,55+,56+,57-,58-/m1/s1. The van der Waals surface area contributed by atoms with Gasteiger partial charge in [-0.1, -0.05) is 104 Å². The summed E-state index contributed by atoms with van der Waals surface area (Å²) in [5, 5.41) is 0. The Labute approximate surface area is 520 Å². The van der Waals surface area contributed by atoms with Crippen molar-refractivity contribution in [2.45, 2.75) is 183 Å². The van der Waals surface area contributed by atoms with Gasteiger partial charge in [0.25, 0.3) is 23.6 Å². The lowest BCUT2D eigenvalue weighted by Crippen LogP contribution is -2.55. The molecular weight excluding hydrogens is 1120 g/mol. The van der Waals surface area contributed by atoms with Gasteiger partial charge < -0.3 is 48.0 Å². The van der Waals surface area contributed by atoms with Crippen molar-refractivity contribution in [2.75, 3.05) is 42.4 Å². The van der Waals surface area contributed by atoms with Crippen LogP contribution in [-0.4, -0.2) is 168 Å². The molecule has 1 aliphatic rings. The highest BCUT2D eigenvalue weighted by atomic mass is 16.6. The van der Waals surface area contributed by atoms with E-state index in [1.165, 1.54) is 42.0 Å². The molecule has 2 aromatic heterocycles. The van der Waals surface area contributed by atoms with Gasteiger partial charge in [-0.05, 0) is 134 Å². The minimum atomic E-state index is -1.55. The van der Waals surface area contributed by atoms with Crippen LogP contribution in [0.1, 0.15) is 139 Å². The van der Waals surface area contributed by atoms with Crippen LogP contribution in [0.15, 0.2) is 73.1 Å². The van der Waals surface area contributed by atoms with Crippen molar-refractivity contribution in [3.63, 3.8) is 0 Å². The van der Waals surface area contributed by atoms with Gasteiger partial charge in [-0.2, -0.15) is 0 Å². The fourth-order valence-corrected chi connectivity index (χ4v) is 10.6. The van der Waals surface area contributed by atoms with Crippen LogP contribution < -0.4 is 9.47 Å². The number of likely N-dealkylation sites (N-methyl/N-ethyl adjacent to an activating group) is 4. The number of cyclic esters (lactones) is 4. The molecule has 4 amide bonds. The quantitative estimate of drug-likeness (QED) is 0.0674. The SMILES string of the molecule is COc1cc(C)c(Cc2ccc(C[C@H]3OC(=O)[C@H](CC(C)C)N(C)C(=O)[C@@H](C)OC(=O)[C@H](CC(C)C)N(C)C(=O)[C@@H](Cc4ccc(Cc5cnc(OC)cc5C)cc4)OC(=O)[C@H](CC(C)C)N(C)C(=O)[C@@H](C)OC(=O)[C@H](CC(C)C)N(C)C3=O)cc2)cn1. The molecule has 4 aromatic rings. The molecular formula is C68H94N6O14. The number of ether oxygens (including phenoxy) is 6. The zero-order chi connectivity index (χ0) is 65.4. The Hall–Kier alpha value is -7.90. The van der Waals surface area contributed by atoms with Crippen molar-refractivity contribution in [1.29, 1.82) is 0 Å². The van der Waals surface area contributed by atoms with Crippen LogP contribution in [0.2, 0.25) is 0 Å². The van der Waals surface area contributed by atoms with E-state index in [2.05, 4.69) is 9.97 Å². The van der Waals surface area contributed by atoms with Gasteiger partial charge in [0.1, 0.15) is 24.2 Å². The maximum absolute atomic E-state index is 15.1. The molecule has 0 saturated carbocycles. The smallest absolute Gasteiger partial charge is 0.329 e. The number of benzene rings is 2. The van der Waals surface area contributed by atoms with E-state index in [0.717, 1.165) is 53.0 Å². The molecule has 1 fully saturated rings. The molecule has 2 aromatic carbocycles. The minimum Gasteiger partial charge on any atom is -0.481 e. The maximum atomic E-state index is 15.1. The predicted molar refractivity (Wildman–Crippen MR) is 332 cm³/mol. The zero-order valence-corrected chi connectivity index (χ0v) is 54.9. The third-order valence-corrected chi connectivity index (χ3v) is 16.0. The first-order valence-electron chi connectivity index (χ1n) is 30.5. The van der Waals surface area contributed by atoms with Crippen molar-refractivity contribution in [2.24, 2.45) is 23.7 Å². The lowest BCUT2D eigenvalue weighted by atomic mass is 9.98. The molecule has 8 atom stereocenters. The molecule has 20 nitrogen and oxygen atoms in total. The van der Waals surface area contributed by atoms with Crippen LogP contribution in [0, 0.1) is 37.5 Å². The topological polar surface area (TPSA) is 231 Å². The second kappa shape index (κ2) is 32.4. The fourth-order valence-electron chi connectivity index (χ4n) is 10.6. The highest BCUT2D eigenvalue weighted by Crippen LogP contribution is 2.26. The number of aryl methyl sites for hydroxylation is 2. The second-order valence-corrected chi connectivity index (χ2v) is 25.1. The normalized spacial score (nSPS) is 22.1. The van der Waals surface area contributed by atoms with Crippen LogP contribution in [0.3, 0.4) is 0 Å². The van der Waals surface area contributed by atoms with Gasteiger partial charge in [-0.25, -0.2) is 29.1 Å². The number of aromatic nitrogens is 2. The lowest BCUT2D eigenvalue weighted by molar-refractivity contribution is -0.176. The number of methoxy groups -OCH3 is 2. The third kappa shape index (κ3) is 19.6. The largest absolute Gasteiger partial charge is 0.481 e. The van der Waals surface area contributed by atoms with Crippen LogP contribution in [0.5, 0.6) is 11.8 Å². The van der Waals surface area contributed by atoms with Crippen LogP contribution in [-0.2, 0) is 83.0 Å². The Balaban J connectivity index is 1.58. The maximum Gasteiger partial charge on any atom is 0.329 e. The Morgan fingerprint density at radius 2 is 0.682 bits per heavy atom. The van der Waals surface area contributed by atoms with Crippen molar-refractivity contribution < 1.29 is 66.8 Å². The number of esters is 4. The fraction of sp³-hybridized carbons (Fsp3) is 0.559. The van der Waals surface area contributed by atoms with E-state index in [4.69, 9.17) is 28.4 Å². The van der Waals surface area contributed by atoms with Crippen molar-refractivity contribution >= 4 is 47.5 Å². The Bertz CT molecular complexity index is 2840. The van der Waals surface area contributed by atoms with Crippen molar-refractivity contribution in [1.82, 2.24) is 29.6 Å². The first-order chi connectivity index (χ1) is 41.4.